The second kappa shape index (κ2) is 5.77. The van der Waals surface area contributed by atoms with Gasteiger partial charge in [0.1, 0.15) is 5.82 Å². The predicted molar refractivity (Wildman–Crippen MR) is 70.3 cm³/mol. The van der Waals surface area contributed by atoms with E-state index in [1.807, 2.05) is 20.8 Å². The monoisotopic (exact) mass is 275 g/mol. The molecule has 0 atom stereocenters. The zero-order chi connectivity index (χ0) is 14.7. The zero-order valence-electron chi connectivity index (χ0n) is 11.7. The first kappa shape index (κ1) is 15.8. The van der Waals surface area contributed by atoms with Crippen LogP contribution in [0.2, 0.25) is 0 Å². The van der Waals surface area contributed by atoms with Gasteiger partial charge >= 0.3 is 6.18 Å². The van der Waals surface area contributed by atoms with Crippen LogP contribution in [0, 0.1) is 0 Å². The number of likely N-dealkylation sites (N-methyl/N-ethyl adjacent to an activating group) is 1. The highest BCUT2D eigenvalue weighted by molar-refractivity contribution is 5.40. The van der Waals surface area contributed by atoms with Gasteiger partial charge in [-0.3, -0.25) is 0 Å². The molecule has 1 aromatic rings. The normalized spacial score (nSPS) is 12.6. The Bertz CT molecular complexity index is 410. The van der Waals surface area contributed by atoms with Crippen molar-refractivity contribution in [2.75, 3.05) is 25.0 Å². The largest absolute Gasteiger partial charge is 0.416 e. The van der Waals surface area contributed by atoms with Gasteiger partial charge in [-0.05, 0) is 32.9 Å². The average molecular weight is 275 g/mol. The highest BCUT2D eigenvalue weighted by Crippen LogP contribution is 2.30. The molecule has 1 rings (SSSR count). The van der Waals surface area contributed by atoms with E-state index in [1.54, 1.807) is 11.9 Å². The van der Waals surface area contributed by atoms with Crippen molar-refractivity contribution < 1.29 is 13.2 Å². The highest BCUT2D eigenvalue weighted by Gasteiger charge is 2.31. The van der Waals surface area contributed by atoms with Crippen LogP contribution >= 0.6 is 0 Å². The van der Waals surface area contributed by atoms with Crippen LogP contribution in [0.1, 0.15) is 26.3 Å². The van der Waals surface area contributed by atoms with Crippen molar-refractivity contribution in [2.24, 2.45) is 0 Å². The summed E-state index contributed by atoms with van der Waals surface area (Å²) >= 11 is 0. The van der Waals surface area contributed by atoms with Crippen molar-refractivity contribution in [3.63, 3.8) is 0 Å². The summed E-state index contributed by atoms with van der Waals surface area (Å²) in [7, 11) is 1.73. The van der Waals surface area contributed by atoms with Crippen LogP contribution in [0.3, 0.4) is 0 Å². The molecule has 3 nitrogen and oxygen atoms in total. The Morgan fingerprint density at radius 3 is 2.42 bits per heavy atom. The van der Waals surface area contributed by atoms with E-state index in [4.69, 9.17) is 0 Å². The summed E-state index contributed by atoms with van der Waals surface area (Å²) in [6, 6.07) is 2.04. The van der Waals surface area contributed by atoms with Gasteiger partial charge in [-0.1, -0.05) is 0 Å². The molecule has 0 aromatic carbocycles. The van der Waals surface area contributed by atoms with Crippen molar-refractivity contribution in [1.82, 2.24) is 10.3 Å². The molecular formula is C13H20F3N3. The van der Waals surface area contributed by atoms with Crippen LogP contribution in [-0.4, -0.2) is 30.7 Å². The van der Waals surface area contributed by atoms with E-state index in [9.17, 15) is 13.2 Å². The third kappa shape index (κ3) is 5.46. The lowest BCUT2D eigenvalue weighted by atomic mass is 10.1. The van der Waals surface area contributed by atoms with E-state index in [2.05, 4.69) is 10.3 Å². The molecule has 19 heavy (non-hydrogen) atoms. The number of rotatable bonds is 4. The summed E-state index contributed by atoms with van der Waals surface area (Å²) in [6.45, 7) is 7.38. The minimum absolute atomic E-state index is 0.0118. The molecule has 0 aliphatic rings. The summed E-state index contributed by atoms with van der Waals surface area (Å²) in [5.74, 6) is 0.325. The molecule has 0 spiro atoms. The van der Waals surface area contributed by atoms with Crippen LogP contribution in [0.5, 0.6) is 0 Å². The first-order valence-corrected chi connectivity index (χ1v) is 6.09. The van der Waals surface area contributed by atoms with E-state index in [0.717, 1.165) is 12.1 Å². The first-order valence-electron chi connectivity index (χ1n) is 6.09. The maximum absolute atomic E-state index is 12.6. The molecule has 6 heteroatoms. The van der Waals surface area contributed by atoms with Gasteiger partial charge in [0.15, 0.2) is 0 Å². The highest BCUT2D eigenvalue weighted by atomic mass is 19.4. The molecule has 0 radical (unpaired) electrons. The molecule has 1 heterocycles. The maximum atomic E-state index is 12.6. The fourth-order valence-corrected chi connectivity index (χ4v) is 1.52. The molecule has 1 N–H and O–H groups in total. The van der Waals surface area contributed by atoms with Gasteiger partial charge in [0.2, 0.25) is 0 Å². The summed E-state index contributed by atoms with van der Waals surface area (Å²) < 4.78 is 37.7. The number of nitrogens with zero attached hydrogens (tertiary/aromatic N) is 2. The second-order valence-corrected chi connectivity index (χ2v) is 5.50. The lowest BCUT2D eigenvalue weighted by molar-refractivity contribution is -0.137. The Labute approximate surface area is 111 Å². The standard InChI is InChI=1S/C13H20F3N3/c1-12(2,3)18-7-8-19(4)11-9-10(5-6-17-11)13(14,15)16/h5-6,9,18H,7-8H2,1-4H3. The van der Waals surface area contributed by atoms with Gasteiger partial charge in [0.05, 0.1) is 5.56 Å². The van der Waals surface area contributed by atoms with Gasteiger partial charge in [-0.15, -0.1) is 0 Å². The Kier molecular flexibility index (Phi) is 4.79. The van der Waals surface area contributed by atoms with Crippen molar-refractivity contribution in [3.05, 3.63) is 23.9 Å². The summed E-state index contributed by atoms with van der Waals surface area (Å²) in [5, 5.41) is 3.28. The number of pyridine rings is 1. The Hall–Kier alpha value is -1.30. The van der Waals surface area contributed by atoms with Gasteiger partial charge in [0, 0.05) is 31.9 Å². The topological polar surface area (TPSA) is 28.2 Å². The number of hydrogen-bond acceptors (Lipinski definition) is 3. The van der Waals surface area contributed by atoms with E-state index in [1.165, 1.54) is 6.20 Å². The number of nitrogens with one attached hydrogen (secondary N) is 1. The van der Waals surface area contributed by atoms with Gasteiger partial charge in [-0.25, -0.2) is 4.98 Å². The molecule has 1 aromatic heterocycles. The van der Waals surface area contributed by atoms with E-state index < -0.39 is 11.7 Å². The van der Waals surface area contributed by atoms with Crippen LogP contribution in [0.25, 0.3) is 0 Å². The smallest absolute Gasteiger partial charge is 0.358 e. The molecule has 0 amide bonds. The SMILES string of the molecule is CN(CCNC(C)(C)C)c1cc(C(F)(F)F)ccn1. The van der Waals surface area contributed by atoms with Crippen LogP contribution < -0.4 is 10.2 Å². The number of halogens is 3. The van der Waals surface area contributed by atoms with Gasteiger partial charge < -0.3 is 10.2 Å². The molecule has 0 bridgehead atoms. The Morgan fingerprint density at radius 1 is 1.26 bits per heavy atom. The minimum atomic E-state index is -4.33. The van der Waals surface area contributed by atoms with Gasteiger partial charge in [-0.2, -0.15) is 13.2 Å². The first-order chi connectivity index (χ1) is 8.59. The number of aromatic nitrogens is 1. The molecule has 0 aliphatic heterocycles. The molecule has 0 fully saturated rings. The summed E-state index contributed by atoms with van der Waals surface area (Å²) in [6.07, 6.45) is -3.14. The molecule has 0 saturated carbocycles. The summed E-state index contributed by atoms with van der Waals surface area (Å²) in [4.78, 5) is 5.67. The third-order valence-corrected chi connectivity index (χ3v) is 2.57. The summed E-state index contributed by atoms with van der Waals surface area (Å²) in [5.41, 5.74) is -0.685. The molecule has 0 saturated heterocycles. The van der Waals surface area contributed by atoms with Crippen molar-refractivity contribution in [1.29, 1.82) is 0 Å². The number of anilines is 1. The average Bonchev–Trinajstić information content (AvgIpc) is 2.26. The fraction of sp³-hybridized carbons (Fsp3) is 0.615. The second-order valence-electron chi connectivity index (χ2n) is 5.50. The number of alkyl halides is 3. The minimum Gasteiger partial charge on any atom is -0.358 e. The molecule has 108 valence electrons. The number of hydrogen-bond donors (Lipinski definition) is 1. The molecular weight excluding hydrogens is 255 g/mol. The Morgan fingerprint density at radius 2 is 1.89 bits per heavy atom. The van der Waals surface area contributed by atoms with E-state index >= 15 is 0 Å². The zero-order valence-corrected chi connectivity index (χ0v) is 11.7. The quantitative estimate of drug-likeness (QED) is 0.915. The molecule has 0 unspecified atom stereocenters. The van der Waals surface area contributed by atoms with E-state index in [-0.39, 0.29) is 5.54 Å². The fourth-order valence-electron chi connectivity index (χ4n) is 1.52. The third-order valence-electron chi connectivity index (χ3n) is 2.57. The van der Waals surface area contributed by atoms with Crippen LogP contribution in [0.4, 0.5) is 19.0 Å². The maximum Gasteiger partial charge on any atom is 0.416 e. The van der Waals surface area contributed by atoms with Crippen LogP contribution in [-0.2, 0) is 6.18 Å². The van der Waals surface area contributed by atoms with Crippen LogP contribution in [0.15, 0.2) is 18.3 Å². The van der Waals surface area contributed by atoms with Crippen molar-refractivity contribution in [3.8, 4) is 0 Å². The van der Waals surface area contributed by atoms with Crippen molar-refractivity contribution >= 4 is 5.82 Å². The van der Waals surface area contributed by atoms with Crippen molar-refractivity contribution in [2.45, 2.75) is 32.5 Å². The molecule has 0 aliphatic carbocycles. The van der Waals surface area contributed by atoms with E-state index in [0.29, 0.717) is 18.9 Å². The lowest BCUT2D eigenvalue weighted by Gasteiger charge is -2.24. The lowest BCUT2D eigenvalue weighted by Crippen LogP contribution is -2.40. The Balaban J connectivity index is 2.65. The predicted octanol–water partition coefficient (Wildman–Crippen LogP) is 2.92. The van der Waals surface area contributed by atoms with Gasteiger partial charge in [0.25, 0.3) is 0 Å².